The Labute approximate surface area is 180 Å². The number of hydrogen-bond acceptors (Lipinski definition) is 1. The molecule has 0 radical (unpaired) electrons. The van der Waals surface area contributed by atoms with Gasteiger partial charge in [0.15, 0.2) is 0 Å². The van der Waals surface area contributed by atoms with E-state index in [1.807, 2.05) is 13.8 Å². The van der Waals surface area contributed by atoms with E-state index in [0.717, 1.165) is 12.8 Å². The van der Waals surface area contributed by atoms with Gasteiger partial charge in [0.2, 0.25) is 0 Å². The summed E-state index contributed by atoms with van der Waals surface area (Å²) in [4.78, 5) is 10.3. The Kier molecular flexibility index (Phi) is 16.5. The second-order valence-electron chi connectivity index (χ2n) is 6.62. The standard InChI is InChI=1S/2C8H11.C6H13NO.Y/c2*1-7(2)8-5-3-4-6-8;1-3-5(4-2)6(7)8;/h2*3-7H,1-2H3;5H,3-4H2,1-2H3,(H2,7,8);/q2*-1;;+3/p-1. The first-order chi connectivity index (χ1) is 11.3. The number of hydrogen-bond donors (Lipinski definition) is 0. The monoisotopic (exact) mass is 417 g/mol. The first kappa shape index (κ1) is 26.5. The van der Waals surface area contributed by atoms with Crippen molar-refractivity contribution in [2.24, 2.45) is 5.92 Å². The van der Waals surface area contributed by atoms with E-state index in [2.05, 4.69) is 76.2 Å². The molecular formula is C22H34NOY. The van der Waals surface area contributed by atoms with E-state index in [0.29, 0.717) is 11.8 Å². The van der Waals surface area contributed by atoms with E-state index in [1.165, 1.54) is 11.1 Å². The molecule has 0 unspecified atom stereocenters. The average Bonchev–Trinajstić information content (AvgIpc) is 3.23. The van der Waals surface area contributed by atoms with Crippen molar-refractivity contribution < 1.29 is 37.5 Å². The second kappa shape index (κ2) is 15.5. The van der Waals surface area contributed by atoms with Gasteiger partial charge in [-0.1, -0.05) is 53.4 Å². The molecular weight excluding hydrogens is 383 g/mol. The van der Waals surface area contributed by atoms with Gasteiger partial charge in [0, 0.05) is 0 Å². The molecule has 136 valence electrons. The van der Waals surface area contributed by atoms with E-state index >= 15 is 0 Å². The molecule has 0 spiro atoms. The molecule has 2 aromatic rings. The van der Waals surface area contributed by atoms with Crippen LogP contribution in [0, 0.1) is 5.92 Å². The third-order valence-corrected chi connectivity index (χ3v) is 4.07. The fourth-order valence-electron chi connectivity index (χ4n) is 2.21. The quantitative estimate of drug-likeness (QED) is 0.480. The van der Waals surface area contributed by atoms with Gasteiger partial charge in [-0.25, -0.2) is 24.3 Å². The van der Waals surface area contributed by atoms with Crippen molar-refractivity contribution in [3.05, 3.63) is 65.4 Å². The van der Waals surface area contributed by atoms with Crippen LogP contribution in [-0.4, -0.2) is 5.91 Å². The van der Waals surface area contributed by atoms with Crippen molar-refractivity contribution in [2.75, 3.05) is 0 Å². The van der Waals surface area contributed by atoms with E-state index in [4.69, 9.17) is 5.73 Å². The smallest absolute Gasteiger partial charge is 0.668 e. The van der Waals surface area contributed by atoms with Crippen molar-refractivity contribution >= 4 is 5.91 Å². The fraction of sp³-hybridized carbons (Fsp3) is 0.500. The van der Waals surface area contributed by atoms with Gasteiger partial charge in [0.05, 0.1) is 5.91 Å². The van der Waals surface area contributed by atoms with Crippen LogP contribution < -0.4 is 0 Å². The average molecular weight is 417 g/mol. The maximum absolute atomic E-state index is 10.3. The van der Waals surface area contributed by atoms with Crippen LogP contribution in [0.25, 0.3) is 5.73 Å². The largest absolute Gasteiger partial charge is 3.00 e. The van der Waals surface area contributed by atoms with Crippen molar-refractivity contribution in [3.63, 3.8) is 0 Å². The molecule has 0 aliphatic carbocycles. The molecule has 25 heavy (non-hydrogen) atoms. The molecule has 1 amide bonds. The Hall–Kier alpha value is -0.726. The van der Waals surface area contributed by atoms with E-state index in [-0.39, 0.29) is 38.6 Å². The minimum Gasteiger partial charge on any atom is -0.668 e. The van der Waals surface area contributed by atoms with Gasteiger partial charge in [-0.15, -0.1) is 0 Å². The summed E-state index contributed by atoms with van der Waals surface area (Å²) in [5, 5.41) is 0. The Morgan fingerprint density at radius 3 is 1.16 bits per heavy atom. The molecule has 0 saturated carbocycles. The van der Waals surface area contributed by atoms with Gasteiger partial charge in [0.25, 0.3) is 0 Å². The summed E-state index contributed by atoms with van der Waals surface area (Å²) >= 11 is 0. The Morgan fingerprint density at radius 2 is 1.08 bits per heavy atom. The predicted molar refractivity (Wildman–Crippen MR) is 106 cm³/mol. The zero-order valence-corrected chi connectivity index (χ0v) is 19.6. The fourth-order valence-corrected chi connectivity index (χ4v) is 2.21. The zero-order chi connectivity index (χ0) is 18.5. The van der Waals surface area contributed by atoms with Crippen LogP contribution in [-0.2, 0) is 37.5 Å². The summed E-state index contributed by atoms with van der Waals surface area (Å²) in [6, 6.07) is 16.9. The van der Waals surface area contributed by atoms with Crippen molar-refractivity contribution in [2.45, 2.75) is 66.2 Å². The zero-order valence-electron chi connectivity index (χ0n) is 16.8. The maximum Gasteiger partial charge on any atom is 3.00 e. The molecule has 2 nitrogen and oxygen atoms in total. The van der Waals surface area contributed by atoms with Crippen molar-refractivity contribution in [3.8, 4) is 0 Å². The Balaban J connectivity index is 0. The number of rotatable bonds is 5. The van der Waals surface area contributed by atoms with Gasteiger partial charge >= 0.3 is 32.7 Å². The molecule has 0 saturated heterocycles. The normalized spacial score (nSPS) is 9.80. The third kappa shape index (κ3) is 12.3. The van der Waals surface area contributed by atoms with Gasteiger partial charge in [-0.05, 0) is 18.8 Å². The first-order valence-corrected chi connectivity index (χ1v) is 9.01. The molecule has 0 aliphatic heterocycles. The van der Waals surface area contributed by atoms with Crippen LogP contribution in [0.2, 0.25) is 0 Å². The third-order valence-electron chi connectivity index (χ3n) is 4.07. The minimum atomic E-state index is -0.421. The summed E-state index contributed by atoms with van der Waals surface area (Å²) in [5.74, 6) is 0.931. The molecule has 0 atom stereocenters. The molecule has 2 aromatic carbocycles. The molecule has 0 bridgehead atoms. The van der Waals surface area contributed by atoms with Crippen LogP contribution in [0.3, 0.4) is 0 Å². The summed E-state index contributed by atoms with van der Waals surface area (Å²) in [6.45, 7) is 12.7. The first-order valence-electron chi connectivity index (χ1n) is 9.01. The van der Waals surface area contributed by atoms with Crippen LogP contribution in [0.5, 0.6) is 0 Å². The molecule has 1 N–H and O–H groups in total. The van der Waals surface area contributed by atoms with Gasteiger partial charge in [-0.2, -0.15) is 35.4 Å². The Bertz CT molecular complexity index is 470. The van der Waals surface area contributed by atoms with E-state index < -0.39 is 5.91 Å². The molecule has 0 heterocycles. The number of nitrogens with one attached hydrogen (secondary N) is 1. The van der Waals surface area contributed by atoms with Crippen molar-refractivity contribution in [1.82, 2.24) is 0 Å². The summed E-state index contributed by atoms with van der Waals surface area (Å²) in [5.41, 5.74) is 9.57. The predicted octanol–water partition coefficient (Wildman–Crippen LogP) is 7.06. The van der Waals surface area contributed by atoms with Crippen molar-refractivity contribution in [1.29, 1.82) is 0 Å². The SMILES string of the molecule is CC(C)[c-]1cccc1.CC(C)[c-]1cccc1.CCC(CC)C([NH-])=O.[Y+3]. The molecule has 2 rings (SSSR count). The van der Waals surface area contributed by atoms with Gasteiger partial charge < -0.3 is 10.5 Å². The van der Waals surface area contributed by atoms with Gasteiger partial charge in [0.1, 0.15) is 0 Å². The summed E-state index contributed by atoms with van der Waals surface area (Å²) < 4.78 is 0. The minimum absolute atomic E-state index is 0. The number of carbonyl (C=O) groups is 1. The number of carbonyl (C=O) groups excluding carboxylic acids is 1. The molecule has 0 aliphatic rings. The van der Waals surface area contributed by atoms with Crippen LogP contribution >= 0.6 is 0 Å². The van der Waals surface area contributed by atoms with Gasteiger partial charge in [-0.3, -0.25) is 0 Å². The van der Waals surface area contributed by atoms with Crippen LogP contribution in [0.15, 0.2) is 48.5 Å². The summed E-state index contributed by atoms with van der Waals surface area (Å²) in [7, 11) is 0. The van der Waals surface area contributed by atoms with E-state index in [1.54, 1.807) is 0 Å². The van der Waals surface area contributed by atoms with Crippen LogP contribution in [0.1, 0.15) is 77.3 Å². The topological polar surface area (TPSA) is 40.9 Å². The second-order valence-corrected chi connectivity index (χ2v) is 6.62. The molecule has 0 fully saturated rings. The van der Waals surface area contributed by atoms with Crippen LogP contribution in [0.4, 0.5) is 0 Å². The summed E-state index contributed by atoms with van der Waals surface area (Å²) in [6.07, 6.45) is 1.61. The molecule has 3 heteroatoms. The van der Waals surface area contributed by atoms with E-state index in [9.17, 15) is 4.79 Å². The molecule has 0 aromatic heterocycles. The Morgan fingerprint density at radius 1 is 0.800 bits per heavy atom. The number of amides is 1. The maximum atomic E-state index is 10.3.